The van der Waals surface area contributed by atoms with Crippen molar-refractivity contribution in [2.75, 3.05) is 25.4 Å². The van der Waals surface area contributed by atoms with Gasteiger partial charge < -0.3 is 15.3 Å². The number of carbonyl (C=O) groups excluding carboxylic acids is 2. The Labute approximate surface area is 277 Å². The topological polar surface area (TPSA) is 124 Å². The van der Waals surface area contributed by atoms with E-state index in [9.17, 15) is 27.9 Å². The van der Waals surface area contributed by atoms with Gasteiger partial charge in [0, 0.05) is 24.5 Å². The lowest BCUT2D eigenvalue weighted by atomic mass is 10.0. The highest BCUT2D eigenvalue weighted by molar-refractivity contribution is 8.04. The Morgan fingerprint density at radius 1 is 0.956 bits per heavy atom. The highest BCUT2D eigenvalue weighted by Gasteiger charge is 2.41. The van der Waals surface area contributed by atoms with Gasteiger partial charge in [0.15, 0.2) is 0 Å². The number of thioether (sulfide) groups is 1. The Morgan fingerprint density at radius 3 is 2.11 bits per heavy atom. The van der Waals surface area contributed by atoms with Crippen molar-refractivity contribution in [2.45, 2.75) is 143 Å². The van der Waals surface area contributed by atoms with Crippen molar-refractivity contribution in [1.82, 2.24) is 14.5 Å². The normalized spacial score (nSPS) is 16.9. The van der Waals surface area contributed by atoms with Gasteiger partial charge in [0.1, 0.15) is 12.1 Å². The van der Waals surface area contributed by atoms with Crippen LogP contribution in [0.4, 0.5) is 0 Å². The molecule has 0 bridgehead atoms. The van der Waals surface area contributed by atoms with Crippen LogP contribution in [0.25, 0.3) is 0 Å². The second-order valence-electron chi connectivity index (χ2n) is 12.8. The van der Waals surface area contributed by atoms with Gasteiger partial charge >= 0.3 is 5.97 Å². The summed E-state index contributed by atoms with van der Waals surface area (Å²) >= 11 is 1.62. The lowest BCUT2D eigenvalue weighted by molar-refractivity contribution is -0.143. The van der Waals surface area contributed by atoms with Crippen molar-refractivity contribution in [3.8, 4) is 0 Å². The second-order valence-corrected chi connectivity index (χ2v) is 15.8. The number of likely N-dealkylation sites (tertiary alicyclic amines) is 1. The summed E-state index contributed by atoms with van der Waals surface area (Å²) in [6.45, 7) is 8.85. The molecule has 2 N–H and O–H groups in total. The van der Waals surface area contributed by atoms with Crippen molar-refractivity contribution >= 4 is 39.6 Å². The minimum Gasteiger partial charge on any atom is -0.481 e. The lowest BCUT2D eigenvalue weighted by Crippen LogP contribution is -2.57. The van der Waals surface area contributed by atoms with Crippen molar-refractivity contribution in [3.05, 3.63) is 22.0 Å². The molecule has 0 spiro atoms. The van der Waals surface area contributed by atoms with Gasteiger partial charge in [-0.05, 0) is 56.3 Å². The van der Waals surface area contributed by atoms with Crippen LogP contribution in [0.1, 0.15) is 130 Å². The van der Waals surface area contributed by atoms with Crippen LogP contribution in [0.3, 0.4) is 0 Å². The van der Waals surface area contributed by atoms with Crippen LogP contribution in [-0.2, 0) is 24.4 Å². The van der Waals surface area contributed by atoms with Gasteiger partial charge in [-0.3, -0.25) is 14.4 Å². The van der Waals surface area contributed by atoms with Crippen LogP contribution in [0.15, 0.2) is 22.0 Å². The van der Waals surface area contributed by atoms with E-state index in [0.29, 0.717) is 25.9 Å². The maximum Gasteiger partial charge on any atom is 0.305 e. The van der Waals surface area contributed by atoms with Gasteiger partial charge in [0.05, 0.1) is 11.3 Å². The fourth-order valence-corrected chi connectivity index (χ4v) is 9.62. The summed E-state index contributed by atoms with van der Waals surface area (Å²) in [4.78, 5) is 41.2. The molecular formula is C34H59N3O6S2. The molecule has 0 saturated carbocycles. The number of hydrogen-bond acceptors (Lipinski definition) is 6. The first-order valence-electron chi connectivity index (χ1n) is 17.4. The number of amides is 2. The van der Waals surface area contributed by atoms with Gasteiger partial charge in [-0.15, -0.1) is 11.8 Å². The summed E-state index contributed by atoms with van der Waals surface area (Å²) < 4.78 is 29.9. The molecule has 2 aliphatic rings. The molecule has 2 amide bonds. The molecule has 1 aliphatic carbocycles. The number of carbonyl (C=O) groups is 3. The van der Waals surface area contributed by atoms with Crippen molar-refractivity contribution in [2.24, 2.45) is 5.92 Å². The lowest BCUT2D eigenvalue weighted by Gasteiger charge is -2.34. The van der Waals surface area contributed by atoms with E-state index in [4.69, 9.17) is 0 Å². The van der Waals surface area contributed by atoms with Crippen molar-refractivity contribution in [3.63, 3.8) is 0 Å². The van der Waals surface area contributed by atoms with Crippen LogP contribution in [-0.4, -0.2) is 78.0 Å². The third kappa shape index (κ3) is 13.1. The SMILES string of the molecule is CCCCCCCCCCCCSC1=C(S(=O)(=O)N(CCC)[C@H](C(=O)N[C@@H](CC(=O)O)C(=O)N2CCCC2)C(C)C)C=CCC1. The van der Waals surface area contributed by atoms with Gasteiger partial charge in [0.25, 0.3) is 0 Å². The first-order chi connectivity index (χ1) is 21.5. The number of carboxylic acid groups (broad SMARTS) is 1. The Hall–Kier alpha value is -1.85. The minimum atomic E-state index is -4.05. The monoisotopic (exact) mass is 669 g/mol. The summed E-state index contributed by atoms with van der Waals surface area (Å²) in [5, 5.41) is 12.1. The van der Waals surface area contributed by atoms with Crippen LogP contribution in [0.2, 0.25) is 0 Å². The highest BCUT2D eigenvalue weighted by Crippen LogP contribution is 2.35. The fourth-order valence-electron chi connectivity index (χ4n) is 6.09. The van der Waals surface area contributed by atoms with E-state index in [2.05, 4.69) is 12.2 Å². The van der Waals surface area contributed by atoms with E-state index in [-0.39, 0.29) is 11.4 Å². The van der Waals surface area contributed by atoms with Crippen LogP contribution in [0.5, 0.6) is 0 Å². The molecule has 2 atom stereocenters. The average Bonchev–Trinajstić information content (AvgIpc) is 3.54. The predicted molar refractivity (Wildman–Crippen MR) is 184 cm³/mol. The molecule has 45 heavy (non-hydrogen) atoms. The summed E-state index contributed by atoms with van der Waals surface area (Å²) in [5.74, 6) is -1.82. The summed E-state index contributed by atoms with van der Waals surface area (Å²) in [7, 11) is -4.05. The maximum absolute atomic E-state index is 14.3. The minimum absolute atomic E-state index is 0.135. The zero-order valence-corrected chi connectivity index (χ0v) is 29.9. The number of aliphatic carboxylic acids is 1. The Morgan fingerprint density at radius 2 is 1.56 bits per heavy atom. The molecule has 258 valence electrons. The second kappa shape index (κ2) is 21.1. The third-order valence-electron chi connectivity index (χ3n) is 8.51. The van der Waals surface area contributed by atoms with E-state index in [1.807, 2.05) is 13.0 Å². The first-order valence-corrected chi connectivity index (χ1v) is 19.8. The third-order valence-corrected chi connectivity index (χ3v) is 11.9. The quantitative estimate of drug-likeness (QED) is 0.114. The molecule has 0 aromatic rings. The van der Waals surface area contributed by atoms with Crippen molar-refractivity contribution < 1.29 is 27.9 Å². The fraction of sp³-hybridized carbons (Fsp3) is 0.794. The highest BCUT2D eigenvalue weighted by atomic mass is 32.2. The van der Waals surface area contributed by atoms with E-state index in [0.717, 1.165) is 42.8 Å². The van der Waals surface area contributed by atoms with E-state index in [1.165, 1.54) is 55.7 Å². The molecule has 1 aliphatic heterocycles. The molecule has 0 aromatic carbocycles. The molecule has 0 unspecified atom stereocenters. The molecule has 11 heteroatoms. The smallest absolute Gasteiger partial charge is 0.305 e. The van der Waals surface area contributed by atoms with Crippen LogP contribution < -0.4 is 5.32 Å². The largest absolute Gasteiger partial charge is 0.481 e. The summed E-state index contributed by atoms with van der Waals surface area (Å²) in [6, 6.07) is -2.34. The number of carboxylic acids is 1. The molecular weight excluding hydrogens is 611 g/mol. The number of rotatable bonds is 23. The Balaban J connectivity index is 2.14. The number of nitrogens with zero attached hydrogens (tertiary/aromatic N) is 2. The number of hydrogen-bond donors (Lipinski definition) is 2. The van der Waals surface area contributed by atoms with Crippen LogP contribution in [0, 0.1) is 5.92 Å². The number of allylic oxidation sites excluding steroid dienone is 3. The van der Waals surface area contributed by atoms with Gasteiger partial charge in [-0.2, -0.15) is 4.31 Å². The molecule has 1 saturated heterocycles. The zero-order valence-electron chi connectivity index (χ0n) is 28.2. The van der Waals surface area contributed by atoms with E-state index >= 15 is 0 Å². The van der Waals surface area contributed by atoms with Gasteiger partial charge in [-0.25, -0.2) is 8.42 Å². The maximum atomic E-state index is 14.3. The molecule has 1 heterocycles. The van der Waals surface area contributed by atoms with Gasteiger partial charge in [0.2, 0.25) is 21.8 Å². The standard InChI is InChI=1S/C34H59N3O6S2/c1-5-7-8-9-10-11-12-13-14-19-25-44-29-20-15-16-21-30(29)45(42,43)37(22-6-2)32(27(3)4)33(40)35-28(26-31(38)39)34(41)36-23-17-18-24-36/h16,21,27-28,32H,5-15,17-20,22-26H2,1-4H3,(H,35,40)(H,38,39)/t28-,32-/m0/s1. The first kappa shape index (κ1) is 39.3. The van der Waals surface area contributed by atoms with E-state index < -0.39 is 52.2 Å². The molecule has 9 nitrogen and oxygen atoms in total. The predicted octanol–water partition coefficient (Wildman–Crippen LogP) is 6.85. The molecule has 2 rings (SSSR count). The number of nitrogens with one attached hydrogen (secondary N) is 1. The van der Waals surface area contributed by atoms with Crippen molar-refractivity contribution in [1.29, 1.82) is 0 Å². The summed E-state index contributed by atoms with van der Waals surface area (Å²) in [5.41, 5.74) is 0. The number of sulfonamides is 1. The average molecular weight is 670 g/mol. The molecule has 0 radical (unpaired) electrons. The summed E-state index contributed by atoms with van der Waals surface area (Å²) in [6.07, 6.45) is 19.1. The number of unbranched alkanes of at least 4 members (excludes halogenated alkanes) is 9. The zero-order chi connectivity index (χ0) is 33.2. The Bertz CT molecular complexity index is 1100. The Kier molecular flexibility index (Phi) is 18.4. The molecule has 1 fully saturated rings. The van der Waals surface area contributed by atoms with E-state index in [1.54, 1.807) is 36.6 Å². The molecule has 0 aromatic heterocycles. The van der Waals surface area contributed by atoms with Crippen LogP contribution >= 0.6 is 11.8 Å². The van der Waals surface area contributed by atoms with Gasteiger partial charge in [-0.1, -0.05) is 91.6 Å².